The predicted octanol–water partition coefficient (Wildman–Crippen LogP) is 2.11. The number of rotatable bonds is 7. The van der Waals surface area contributed by atoms with Gasteiger partial charge in [-0.05, 0) is 57.0 Å². The van der Waals surface area contributed by atoms with Gasteiger partial charge in [-0.2, -0.15) is 0 Å². The quantitative estimate of drug-likeness (QED) is 0.810. The second-order valence-corrected chi connectivity index (χ2v) is 5.67. The smallest absolute Gasteiger partial charge is 0.258 e. The predicted molar refractivity (Wildman–Crippen MR) is 86.4 cm³/mol. The van der Waals surface area contributed by atoms with Crippen molar-refractivity contribution in [3.05, 3.63) is 24.3 Å². The first-order valence-electron chi connectivity index (χ1n) is 8.07. The number of hydrogen-bond donors (Lipinski definition) is 2. The average molecular weight is 306 g/mol. The molecule has 1 amide bonds. The number of hydrogen-bond acceptors (Lipinski definition) is 4. The van der Waals surface area contributed by atoms with Crippen LogP contribution in [0.4, 0.5) is 0 Å². The van der Waals surface area contributed by atoms with Crippen molar-refractivity contribution in [3.63, 3.8) is 0 Å². The van der Waals surface area contributed by atoms with Gasteiger partial charge in [0.25, 0.3) is 5.91 Å². The molecule has 5 heteroatoms. The van der Waals surface area contributed by atoms with Gasteiger partial charge in [0.2, 0.25) is 0 Å². The van der Waals surface area contributed by atoms with Gasteiger partial charge in [0.05, 0.1) is 6.61 Å². The number of carbonyl (C=O) groups excluding carboxylic acids is 1. The molecular formula is C17H26N2O3. The molecule has 1 aromatic carbocycles. The highest BCUT2D eigenvalue weighted by Gasteiger charge is 2.22. The molecule has 1 aliphatic rings. The number of nitrogens with one attached hydrogen (secondary N) is 2. The summed E-state index contributed by atoms with van der Waals surface area (Å²) in [5.74, 6) is 1.42. The Kier molecular flexibility index (Phi) is 6.52. The molecule has 1 saturated heterocycles. The Hall–Kier alpha value is -1.75. The second-order valence-electron chi connectivity index (χ2n) is 5.67. The first-order valence-corrected chi connectivity index (χ1v) is 8.07. The molecule has 2 N–H and O–H groups in total. The van der Waals surface area contributed by atoms with E-state index in [0.717, 1.165) is 31.6 Å². The molecule has 1 aliphatic heterocycles. The molecule has 0 bridgehead atoms. The number of amides is 1. The van der Waals surface area contributed by atoms with E-state index in [2.05, 4.69) is 24.5 Å². The third-order valence-corrected chi connectivity index (χ3v) is 3.77. The summed E-state index contributed by atoms with van der Waals surface area (Å²) >= 11 is 0. The highest BCUT2D eigenvalue weighted by Crippen LogP contribution is 2.17. The molecule has 22 heavy (non-hydrogen) atoms. The maximum atomic E-state index is 11.9. The number of benzene rings is 1. The zero-order chi connectivity index (χ0) is 15.8. The van der Waals surface area contributed by atoms with Crippen LogP contribution in [0, 0.1) is 0 Å². The van der Waals surface area contributed by atoms with Crippen LogP contribution in [0.15, 0.2) is 24.3 Å². The Morgan fingerprint density at radius 1 is 1.27 bits per heavy atom. The fourth-order valence-electron chi connectivity index (χ4n) is 2.49. The summed E-state index contributed by atoms with van der Waals surface area (Å²) in [6, 6.07) is 7.86. The van der Waals surface area contributed by atoms with E-state index >= 15 is 0 Å². The van der Waals surface area contributed by atoms with Crippen LogP contribution in [-0.4, -0.2) is 37.7 Å². The van der Waals surface area contributed by atoms with Gasteiger partial charge < -0.3 is 20.1 Å². The monoisotopic (exact) mass is 306 g/mol. The van der Waals surface area contributed by atoms with Crippen molar-refractivity contribution in [2.45, 2.75) is 45.2 Å². The fraction of sp³-hybridized carbons (Fsp3) is 0.588. The van der Waals surface area contributed by atoms with E-state index in [-0.39, 0.29) is 18.6 Å². The van der Waals surface area contributed by atoms with E-state index in [1.54, 1.807) is 0 Å². The molecule has 2 rings (SSSR count). The summed E-state index contributed by atoms with van der Waals surface area (Å²) in [5.41, 5.74) is 0. The van der Waals surface area contributed by atoms with Crippen molar-refractivity contribution in [2.75, 3.05) is 19.8 Å². The van der Waals surface area contributed by atoms with Gasteiger partial charge in [-0.1, -0.05) is 6.92 Å². The lowest BCUT2D eigenvalue weighted by Crippen LogP contribution is -2.52. The summed E-state index contributed by atoms with van der Waals surface area (Å²) in [5, 5.41) is 6.39. The molecule has 5 nitrogen and oxygen atoms in total. The van der Waals surface area contributed by atoms with Gasteiger partial charge in [0, 0.05) is 12.1 Å². The van der Waals surface area contributed by atoms with Crippen LogP contribution in [-0.2, 0) is 4.79 Å². The zero-order valence-corrected chi connectivity index (χ0v) is 13.4. The Balaban J connectivity index is 1.73. The molecule has 0 radical (unpaired) electrons. The fourth-order valence-corrected chi connectivity index (χ4v) is 2.49. The Morgan fingerprint density at radius 3 is 2.59 bits per heavy atom. The van der Waals surface area contributed by atoms with Crippen molar-refractivity contribution in [1.29, 1.82) is 0 Å². The summed E-state index contributed by atoms with van der Waals surface area (Å²) in [6.45, 7) is 5.93. The first-order chi connectivity index (χ1) is 10.7. The van der Waals surface area contributed by atoms with E-state index in [0.29, 0.717) is 18.4 Å². The molecule has 1 fully saturated rings. The zero-order valence-electron chi connectivity index (χ0n) is 13.4. The Labute approximate surface area is 132 Å². The summed E-state index contributed by atoms with van der Waals surface area (Å²) in [6.07, 6.45) is 3.09. The van der Waals surface area contributed by atoms with Crippen LogP contribution < -0.4 is 20.1 Å². The molecular weight excluding hydrogens is 280 g/mol. The minimum Gasteiger partial charge on any atom is -0.494 e. The lowest BCUT2D eigenvalue weighted by molar-refractivity contribution is -0.124. The molecule has 0 aromatic heterocycles. The second kappa shape index (κ2) is 8.63. The van der Waals surface area contributed by atoms with Gasteiger partial charge >= 0.3 is 0 Å². The van der Waals surface area contributed by atoms with Crippen LogP contribution in [0.2, 0.25) is 0 Å². The maximum absolute atomic E-state index is 11.9. The molecule has 2 unspecified atom stereocenters. The van der Waals surface area contributed by atoms with Crippen LogP contribution >= 0.6 is 0 Å². The number of carbonyl (C=O) groups is 1. The van der Waals surface area contributed by atoms with Crippen molar-refractivity contribution in [1.82, 2.24) is 10.6 Å². The van der Waals surface area contributed by atoms with E-state index in [1.165, 1.54) is 0 Å². The van der Waals surface area contributed by atoms with E-state index in [1.807, 2.05) is 24.3 Å². The normalized spacial score (nSPS) is 21.2. The topological polar surface area (TPSA) is 59.6 Å². The van der Waals surface area contributed by atoms with Gasteiger partial charge in [-0.3, -0.25) is 4.79 Å². The summed E-state index contributed by atoms with van der Waals surface area (Å²) in [4.78, 5) is 11.9. The molecule has 2 atom stereocenters. The standard InChI is InChI=1S/C17H26N2O3/c1-3-11-21-14-6-8-15(9-7-14)22-12-17(20)19-16-5-4-10-18-13(16)2/h6-9,13,16,18H,3-5,10-12H2,1-2H3,(H,19,20). The third kappa shape index (κ3) is 5.22. The minimum atomic E-state index is -0.0770. The lowest BCUT2D eigenvalue weighted by atomic mass is 10.00. The molecule has 0 spiro atoms. The average Bonchev–Trinajstić information content (AvgIpc) is 2.54. The Morgan fingerprint density at radius 2 is 1.95 bits per heavy atom. The minimum absolute atomic E-state index is 0.0401. The Bertz CT molecular complexity index is 461. The van der Waals surface area contributed by atoms with Crippen LogP contribution in [0.1, 0.15) is 33.1 Å². The molecule has 1 aromatic rings. The first kappa shape index (κ1) is 16.6. The van der Waals surface area contributed by atoms with Crippen LogP contribution in [0.5, 0.6) is 11.5 Å². The van der Waals surface area contributed by atoms with Crippen molar-refractivity contribution in [3.8, 4) is 11.5 Å². The highest BCUT2D eigenvalue weighted by molar-refractivity contribution is 5.77. The van der Waals surface area contributed by atoms with Crippen LogP contribution in [0.3, 0.4) is 0 Å². The summed E-state index contributed by atoms with van der Waals surface area (Å²) < 4.78 is 11.0. The van der Waals surface area contributed by atoms with E-state index in [4.69, 9.17) is 9.47 Å². The summed E-state index contributed by atoms with van der Waals surface area (Å²) in [7, 11) is 0. The van der Waals surface area contributed by atoms with Crippen LogP contribution in [0.25, 0.3) is 0 Å². The van der Waals surface area contributed by atoms with Crippen molar-refractivity contribution in [2.24, 2.45) is 0 Å². The van der Waals surface area contributed by atoms with E-state index in [9.17, 15) is 4.79 Å². The van der Waals surface area contributed by atoms with Gasteiger partial charge in [-0.15, -0.1) is 0 Å². The third-order valence-electron chi connectivity index (χ3n) is 3.77. The molecule has 0 saturated carbocycles. The number of piperidine rings is 1. The van der Waals surface area contributed by atoms with Crippen molar-refractivity contribution >= 4 is 5.91 Å². The maximum Gasteiger partial charge on any atom is 0.258 e. The van der Waals surface area contributed by atoms with Gasteiger partial charge in [0.15, 0.2) is 6.61 Å². The van der Waals surface area contributed by atoms with E-state index < -0.39 is 0 Å². The largest absolute Gasteiger partial charge is 0.494 e. The molecule has 1 heterocycles. The lowest BCUT2D eigenvalue weighted by Gasteiger charge is -2.30. The molecule has 0 aliphatic carbocycles. The SMILES string of the molecule is CCCOc1ccc(OCC(=O)NC2CCCNC2C)cc1. The van der Waals surface area contributed by atoms with Gasteiger partial charge in [-0.25, -0.2) is 0 Å². The van der Waals surface area contributed by atoms with Gasteiger partial charge in [0.1, 0.15) is 11.5 Å². The molecule has 122 valence electrons. The van der Waals surface area contributed by atoms with Crippen molar-refractivity contribution < 1.29 is 14.3 Å². The number of ether oxygens (including phenoxy) is 2. The highest BCUT2D eigenvalue weighted by atomic mass is 16.5.